The molecule has 0 radical (unpaired) electrons. The second-order valence-electron chi connectivity index (χ2n) is 6.89. The van der Waals surface area contributed by atoms with Crippen molar-refractivity contribution in [2.75, 3.05) is 26.2 Å². The van der Waals surface area contributed by atoms with Gasteiger partial charge < -0.3 is 10.1 Å². The Labute approximate surface area is 160 Å². The van der Waals surface area contributed by atoms with Gasteiger partial charge in [0.05, 0.1) is 6.04 Å². The number of ether oxygens (including phenoxy) is 1. The van der Waals surface area contributed by atoms with Crippen LogP contribution in [0.25, 0.3) is 0 Å². The number of carbonyl (C=O) groups excluding carboxylic acids is 1. The fraction of sp³-hybridized carbons (Fsp3) is 0.476. The molecule has 140 valence electrons. The minimum atomic E-state index is -0.0668. The number of rotatable bonds is 7. The molecule has 26 heavy (non-hydrogen) atoms. The van der Waals surface area contributed by atoms with Gasteiger partial charge in [0.15, 0.2) is 6.61 Å². The molecular formula is C21H28N2O2S. The minimum absolute atomic E-state index is 0.0562. The summed E-state index contributed by atoms with van der Waals surface area (Å²) in [5, 5.41) is 5.19. The van der Waals surface area contributed by atoms with Crippen LogP contribution in [0.2, 0.25) is 0 Å². The number of nitrogens with one attached hydrogen (secondary N) is 1. The first-order valence-corrected chi connectivity index (χ1v) is 10.3. The summed E-state index contributed by atoms with van der Waals surface area (Å²) in [5.74, 6) is 0.672. The lowest BCUT2D eigenvalue weighted by molar-refractivity contribution is -0.123. The summed E-state index contributed by atoms with van der Waals surface area (Å²) in [6.45, 7) is 4.92. The van der Waals surface area contributed by atoms with E-state index in [0.29, 0.717) is 6.54 Å². The SMILES string of the molecule is Cc1cccc(OCC(=O)NCC(c2cccs2)N2CCCCCC2)c1. The Hall–Kier alpha value is -1.85. The average molecular weight is 373 g/mol. The standard InChI is InChI=1S/C21H28N2O2S/c1-17-8-6-9-18(14-17)25-16-21(24)22-15-19(20-10-7-13-26-20)23-11-4-2-3-5-12-23/h6-10,13-14,19H,2-5,11-12,15-16H2,1H3,(H,22,24). The molecule has 2 heterocycles. The molecule has 4 nitrogen and oxygen atoms in total. The number of hydrogen-bond acceptors (Lipinski definition) is 4. The topological polar surface area (TPSA) is 41.6 Å². The lowest BCUT2D eigenvalue weighted by atomic mass is 10.2. The van der Waals surface area contributed by atoms with Crippen molar-refractivity contribution < 1.29 is 9.53 Å². The number of thiophene rings is 1. The Morgan fingerprint density at radius 1 is 1.19 bits per heavy atom. The second-order valence-corrected chi connectivity index (χ2v) is 7.87. The number of benzene rings is 1. The van der Waals surface area contributed by atoms with Crippen LogP contribution >= 0.6 is 11.3 Å². The number of nitrogens with zero attached hydrogens (tertiary/aromatic N) is 1. The second kappa shape index (κ2) is 9.74. The average Bonchev–Trinajstić information content (AvgIpc) is 3.03. The Balaban J connectivity index is 1.54. The molecule has 0 aliphatic carbocycles. The van der Waals surface area contributed by atoms with E-state index in [4.69, 9.17) is 4.74 Å². The van der Waals surface area contributed by atoms with Gasteiger partial charge in [-0.2, -0.15) is 0 Å². The van der Waals surface area contributed by atoms with Crippen molar-refractivity contribution in [1.29, 1.82) is 0 Å². The molecule has 1 aromatic carbocycles. The van der Waals surface area contributed by atoms with Crippen molar-refractivity contribution in [2.45, 2.75) is 38.6 Å². The van der Waals surface area contributed by atoms with Crippen LogP contribution in [0, 0.1) is 6.92 Å². The molecule has 3 rings (SSSR count). The lowest BCUT2D eigenvalue weighted by Gasteiger charge is -2.30. The summed E-state index contributed by atoms with van der Waals surface area (Å²) in [5.41, 5.74) is 1.13. The van der Waals surface area contributed by atoms with E-state index in [1.165, 1.54) is 30.6 Å². The molecular weight excluding hydrogens is 344 g/mol. The largest absolute Gasteiger partial charge is 0.484 e. The summed E-state index contributed by atoms with van der Waals surface area (Å²) < 4.78 is 5.61. The zero-order valence-corrected chi connectivity index (χ0v) is 16.3. The summed E-state index contributed by atoms with van der Waals surface area (Å²) >= 11 is 1.77. The normalized spacial score (nSPS) is 16.7. The predicted molar refractivity (Wildman–Crippen MR) is 107 cm³/mol. The van der Waals surface area contributed by atoms with Crippen molar-refractivity contribution in [3.63, 3.8) is 0 Å². The summed E-state index contributed by atoms with van der Waals surface area (Å²) in [6.07, 6.45) is 5.10. The molecule has 0 bridgehead atoms. The monoisotopic (exact) mass is 372 g/mol. The van der Waals surface area contributed by atoms with Crippen LogP contribution in [0.1, 0.15) is 42.2 Å². The molecule has 1 N–H and O–H groups in total. The maximum Gasteiger partial charge on any atom is 0.258 e. The predicted octanol–water partition coefficient (Wildman–Crippen LogP) is 4.17. The summed E-state index contributed by atoms with van der Waals surface area (Å²) in [4.78, 5) is 16.1. The van der Waals surface area contributed by atoms with Gasteiger partial charge in [-0.1, -0.05) is 31.0 Å². The highest BCUT2D eigenvalue weighted by Crippen LogP contribution is 2.27. The van der Waals surface area contributed by atoms with Crippen molar-refractivity contribution in [1.82, 2.24) is 10.2 Å². The first-order valence-electron chi connectivity index (χ1n) is 9.46. The van der Waals surface area contributed by atoms with Crippen LogP contribution < -0.4 is 10.1 Å². The van der Waals surface area contributed by atoms with E-state index < -0.39 is 0 Å². The van der Waals surface area contributed by atoms with Crippen LogP contribution in [0.3, 0.4) is 0 Å². The zero-order chi connectivity index (χ0) is 18.2. The van der Waals surface area contributed by atoms with Crippen LogP contribution in [0.4, 0.5) is 0 Å². The molecule has 1 fully saturated rings. The Morgan fingerprint density at radius 3 is 2.69 bits per heavy atom. The van der Waals surface area contributed by atoms with E-state index in [2.05, 4.69) is 27.7 Å². The van der Waals surface area contributed by atoms with Crippen LogP contribution in [0.5, 0.6) is 5.75 Å². The Bertz CT molecular complexity index is 679. The molecule has 0 saturated carbocycles. The molecule has 0 spiro atoms. The fourth-order valence-electron chi connectivity index (χ4n) is 3.41. The zero-order valence-electron chi connectivity index (χ0n) is 15.4. The Morgan fingerprint density at radius 2 is 2.00 bits per heavy atom. The third kappa shape index (κ3) is 5.58. The van der Waals surface area contributed by atoms with E-state index in [-0.39, 0.29) is 18.6 Å². The van der Waals surface area contributed by atoms with Gasteiger partial charge >= 0.3 is 0 Å². The highest BCUT2D eigenvalue weighted by atomic mass is 32.1. The first kappa shape index (κ1) is 18.9. The molecule has 1 unspecified atom stereocenters. The molecule has 1 aliphatic rings. The number of amides is 1. The summed E-state index contributed by atoms with van der Waals surface area (Å²) in [7, 11) is 0. The van der Waals surface area contributed by atoms with Gasteiger partial charge in [0.2, 0.25) is 0 Å². The third-order valence-electron chi connectivity index (χ3n) is 4.81. The minimum Gasteiger partial charge on any atom is -0.484 e. The number of aryl methyl sites for hydroxylation is 1. The fourth-order valence-corrected chi connectivity index (χ4v) is 4.27. The maximum absolute atomic E-state index is 12.3. The van der Waals surface area contributed by atoms with Gasteiger partial charge in [0.1, 0.15) is 5.75 Å². The van der Waals surface area contributed by atoms with Gasteiger partial charge in [0, 0.05) is 11.4 Å². The van der Waals surface area contributed by atoms with E-state index in [1.54, 1.807) is 11.3 Å². The molecule has 2 aromatic rings. The molecule has 1 aliphatic heterocycles. The van der Waals surface area contributed by atoms with Gasteiger partial charge in [-0.05, 0) is 62.0 Å². The van der Waals surface area contributed by atoms with E-state index in [1.807, 2.05) is 31.2 Å². The van der Waals surface area contributed by atoms with Crippen molar-refractivity contribution in [3.05, 3.63) is 52.2 Å². The van der Waals surface area contributed by atoms with Gasteiger partial charge in [-0.15, -0.1) is 11.3 Å². The molecule has 1 atom stereocenters. The van der Waals surface area contributed by atoms with E-state index >= 15 is 0 Å². The quantitative estimate of drug-likeness (QED) is 0.793. The van der Waals surface area contributed by atoms with Crippen LogP contribution in [-0.2, 0) is 4.79 Å². The van der Waals surface area contributed by atoms with Crippen molar-refractivity contribution in [3.8, 4) is 5.75 Å². The Kier molecular flexibility index (Phi) is 7.09. The smallest absolute Gasteiger partial charge is 0.258 e. The van der Waals surface area contributed by atoms with Crippen molar-refractivity contribution >= 4 is 17.2 Å². The number of likely N-dealkylation sites (tertiary alicyclic amines) is 1. The summed E-state index contributed by atoms with van der Waals surface area (Å²) in [6, 6.07) is 12.3. The highest BCUT2D eigenvalue weighted by molar-refractivity contribution is 7.10. The highest BCUT2D eigenvalue weighted by Gasteiger charge is 2.23. The molecule has 1 amide bonds. The van der Waals surface area contributed by atoms with Crippen LogP contribution in [0.15, 0.2) is 41.8 Å². The van der Waals surface area contributed by atoms with Gasteiger partial charge in [0.25, 0.3) is 5.91 Å². The van der Waals surface area contributed by atoms with Gasteiger partial charge in [-0.25, -0.2) is 0 Å². The van der Waals surface area contributed by atoms with E-state index in [0.717, 1.165) is 24.4 Å². The molecule has 1 saturated heterocycles. The lowest BCUT2D eigenvalue weighted by Crippen LogP contribution is -2.39. The third-order valence-corrected chi connectivity index (χ3v) is 5.78. The number of carbonyl (C=O) groups is 1. The van der Waals surface area contributed by atoms with E-state index in [9.17, 15) is 4.79 Å². The van der Waals surface area contributed by atoms with Gasteiger partial charge in [-0.3, -0.25) is 9.69 Å². The first-order chi connectivity index (χ1) is 12.7. The van der Waals surface area contributed by atoms with Crippen LogP contribution in [-0.4, -0.2) is 37.0 Å². The maximum atomic E-state index is 12.3. The molecule has 1 aromatic heterocycles. The molecule has 5 heteroatoms. The number of hydrogen-bond donors (Lipinski definition) is 1. The van der Waals surface area contributed by atoms with Crippen molar-refractivity contribution in [2.24, 2.45) is 0 Å².